The Hall–Kier alpha value is -2.44. The SMILES string of the molecule is CCCCOc1cccc(C(=O)N(CC2CCCO2)c2nc3c(C)ccc(C)c3s2)c1. The molecule has 0 aliphatic carbocycles. The molecule has 1 aliphatic heterocycles. The van der Waals surface area contributed by atoms with Gasteiger partial charge in [0.25, 0.3) is 5.91 Å². The first-order valence-corrected chi connectivity index (χ1v) is 11.9. The molecule has 0 radical (unpaired) electrons. The largest absolute Gasteiger partial charge is 0.494 e. The molecule has 3 aromatic rings. The molecule has 6 heteroatoms. The zero-order chi connectivity index (χ0) is 21.8. The van der Waals surface area contributed by atoms with Crippen molar-refractivity contribution in [2.45, 2.75) is 52.6 Å². The van der Waals surface area contributed by atoms with Crippen LogP contribution in [0, 0.1) is 13.8 Å². The Kier molecular flexibility index (Phi) is 6.88. The molecule has 1 amide bonds. The summed E-state index contributed by atoms with van der Waals surface area (Å²) in [5.41, 5.74) is 3.89. The Bertz CT molecular complexity index is 1020. The van der Waals surface area contributed by atoms with Crippen molar-refractivity contribution in [2.75, 3.05) is 24.7 Å². The fourth-order valence-electron chi connectivity index (χ4n) is 3.81. The summed E-state index contributed by atoms with van der Waals surface area (Å²) in [5, 5.41) is 0.727. The maximum atomic E-state index is 13.6. The molecule has 1 aliphatic rings. The van der Waals surface area contributed by atoms with Crippen LogP contribution in [0.4, 0.5) is 5.13 Å². The van der Waals surface area contributed by atoms with E-state index >= 15 is 0 Å². The van der Waals surface area contributed by atoms with Crippen LogP contribution in [0.1, 0.15) is 54.1 Å². The lowest BCUT2D eigenvalue weighted by Crippen LogP contribution is -2.37. The fraction of sp³-hybridized carbons (Fsp3) is 0.440. The van der Waals surface area contributed by atoms with Crippen molar-refractivity contribution < 1.29 is 14.3 Å². The minimum absolute atomic E-state index is 0.0437. The number of fused-ring (bicyclic) bond motifs is 1. The van der Waals surface area contributed by atoms with Crippen LogP contribution in [0.25, 0.3) is 10.2 Å². The monoisotopic (exact) mass is 438 g/mol. The molecule has 1 atom stereocenters. The van der Waals surface area contributed by atoms with E-state index in [1.165, 1.54) is 5.56 Å². The summed E-state index contributed by atoms with van der Waals surface area (Å²) in [5.74, 6) is 0.665. The number of aryl methyl sites for hydroxylation is 2. The molecule has 0 saturated carbocycles. The van der Waals surface area contributed by atoms with E-state index in [9.17, 15) is 4.79 Å². The molecule has 31 heavy (non-hydrogen) atoms. The van der Waals surface area contributed by atoms with E-state index < -0.39 is 0 Å². The highest BCUT2D eigenvalue weighted by molar-refractivity contribution is 7.22. The first kappa shape index (κ1) is 21.8. The number of ether oxygens (including phenoxy) is 2. The maximum Gasteiger partial charge on any atom is 0.260 e. The molecule has 0 spiro atoms. The topological polar surface area (TPSA) is 51.7 Å². The highest BCUT2D eigenvalue weighted by atomic mass is 32.1. The summed E-state index contributed by atoms with van der Waals surface area (Å²) >= 11 is 1.58. The molecule has 164 valence electrons. The molecule has 0 N–H and O–H groups in total. The third kappa shape index (κ3) is 4.91. The van der Waals surface area contributed by atoms with Crippen molar-refractivity contribution >= 4 is 32.6 Å². The molecular weight excluding hydrogens is 408 g/mol. The molecule has 2 aromatic carbocycles. The van der Waals surface area contributed by atoms with Crippen molar-refractivity contribution in [1.82, 2.24) is 4.98 Å². The summed E-state index contributed by atoms with van der Waals surface area (Å²) in [4.78, 5) is 20.3. The van der Waals surface area contributed by atoms with Crippen molar-refractivity contribution in [2.24, 2.45) is 0 Å². The summed E-state index contributed by atoms with van der Waals surface area (Å²) in [6.07, 6.45) is 4.11. The Labute approximate surface area is 188 Å². The van der Waals surface area contributed by atoms with Gasteiger partial charge in [-0.1, -0.05) is 42.9 Å². The second-order valence-electron chi connectivity index (χ2n) is 8.15. The molecule has 5 nitrogen and oxygen atoms in total. The smallest absolute Gasteiger partial charge is 0.260 e. The van der Waals surface area contributed by atoms with Crippen LogP contribution in [0.15, 0.2) is 36.4 Å². The number of hydrogen-bond donors (Lipinski definition) is 0. The van der Waals surface area contributed by atoms with Gasteiger partial charge in [0.1, 0.15) is 5.75 Å². The van der Waals surface area contributed by atoms with E-state index in [1.54, 1.807) is 16.2 Å². The van der Waals surface area contributed by atoms with Crippen LogP contribution in [0.3, 0.4) is 0 Å². The van der Waals surface area contributed by atoms with Gasteiger partial charge in [0.2, 0.25) is 0 Å². The van der Waals surface area contributed by atoms with Crippen LogP contribution < -0.4 is 9.64 Å². The van der Waals surface area contributed by atoms with Gasteiger partial charge in [0, 0.05) is 12.2 Å². The summed E-state index contributed by atoms with van der Waals surface area (Å²) < 4.78 is 12.8. The predicted molar refractivity (Wildman–Crippen MR) is 127 cm³/mol. The first-order chi connectivity index (χ1) is 15.1. The van der Waals surface area contributed by atoms with E-state index in [4.69, 9.17) is 14.5 Å². The summed E-state index contributed by atoms with van der Waals surface area (Å²) in [7, 11) is 0. The number of rotatable bonds is 8. The fourth-order valence-corrected chi connectivity index (χ4v) is 4.93. The number of benzene rings is 2. The third-order valence-electron chi connectivity index (χ3n) is 5.66. The second-order valence-corrected chi connectivity index (χ2v) is 9.13. The molecule has 1 aromatic heterocycles. The lowest BCUT2D eigenvalue weighted by Gasteiger charge is -2.23. The molecule has 1 saturated heterocycles. The number of unbranched alkanes of at least 4 members (excludes halogenated alkanes) is 1. The number of carbonyl (C=O) groups excluding carboxylic acids is 1. The van der Waals surface area contributed by atoms with Gasteiger partial charge < -0.3 is 9.47 Å². The average molecular weight is 439 g/mol. The highest BCUT2D eigenvalue weighted by Crippen LogP contribution is 2.34. The summed E-state index contributed by atoms with van der Waals surface area (Å²) in [6, 6.07) is 11.7. The van der Waals surface area contributed by atoms with E-state index in [2.05, 4.69) is 32.9 Å². The molecule has 1 unspecified atom stereocenters. The molecule has 4 rings (SSSR count). The Morgan fingerprint density at radius 3 is 2.84 bits per heavy atom. The number of hydrogen-bond acceptors (Lipinski definition) is 5. The lowest BCUT2D eigenvalue weighted by atomic mass is 10.1. The predicted octanol–water partition coefficient (Wildman–Crippen LogP) is 5.92. The minimum atomic E-state index is -0.0641. The second kappa shape index (κ2) is 9.79. The van der Waals surface area contributed by atoms with Gasteiger partial charge in [-0.2, -0.15) is 0 Å². The highest BCUT2D eigenvalue weighted by Gasteiger charge is 2.27. The van der Waals surface area contributed by atoms with Crippen molar-refractivity contribution in [3.05, 3.63) is 53.1 Å². The van der Waals surface area contributed by atoms with Crippen molar-refractivity contribution in [3.8, 4) is 5.75 Å². The number of nitrogens with zero attached hydrogens (tertiary/aromatic N) is 2. The minimum Gasteiger partial charge on any atom is -0.494 e. The number of carbonyl (C=O) groups is 1. The van der Waals surface area contributed by atoms with E-state index in [0.717, 1.165) is 59.0 Å². The quantitative estimate of drug-likeness (QED) is 0.410. The standard InChI is InChI=1S/C25H30N2O3S/c1-4-5-13-29-20-9-6-8-19(15-20)24(28)27(16-21-10-7-14-30-21)25-26-22-17(2)11-12-18(3)23(22)31-25/h6,8-9,11-12,15,21H,4-5,7,10,13-14,16H2,1-3H3. The van der Waals surface area contributed by atoms with Gasteiger partial charge in [-0.3, -0.25) is 9.69 Å². The number of anilines is 1. The van der Waals surface area contributed by atoms with Gasteiger partial charge in [0.05, 0.1) is 29.5 Å². The van der Waals surface area contributed by atoms with Crippen molar-refractivity contribution in [3.63, 3.8) is 0 Å². The molecule has 2 heterocycles. The van der Waals surface area contributed by atoms with Crippen LogP contribution in [-0.4, -0.2) is 36.8 Å². The third-order valence-corrected chi connectivity index (χ3v) is 6.88. The van der Waals surface area contributed by atoms with Crippen LogP contribution in [-0.2, 0) is 4.74 Å². The number of thiazole rings is 1. The van der Waals surface area contributed by atoms with E-state index in [0.29, 0.717) is 18.7 Å². The van der Waals surface area contributed by atoms with Crippen molar-refractivity contribution in [1.29, 1.82) is 0 Å². The Balaban J connectivity index is 1.67. The lowest BCUT2D eigenvalue weighted by molar-refractivity contribution is 0.0917. The average Bonchev–Trinajstić information content (AvgIpc) is 3.45. The zero-order valence-corrected chi connectivity index (χ0v) is 19.3. The van der Waals surface area contributed by atoms with Crippen LogP contribution >= 0.6 is 11.3 Å². The molecular formula is C25H30N2O3S. The number of aromatic nitrogens is 1. The zero-order valence-electron chi connectivity index (χ0n) is 18.5. The maximum absolute atomic E-state index is 13.6. The number of amides is 1. The Morgan fingerprint density at radius 2 is 2.10 bits per heavy atom. The first-order valence-electron chi connectivity index (χ1n) is 11.1. The van der Waals surface area contributed by atoms with Gasteiger partial charge >= 0.3 is 0 Å². The van der Waals surface area contributed by atoms with Crippen LogP contribution in [0.5, 0.6) is 5.75 Å². The van der Waals surface area contributed by atoms with Gasteiger partial charge in [-0.25, -0.2) is 4.98 Å². The van der Waals surface area contributed by atoms with Crippen LogP contribution in [0.2, 0.25) is 0 Å². The Morgan fingerprint density at radius 1 is 1.26 bits per heavy atom. The van der Waals surface area contributed by atoms with E-state index in [-0.39, 0.29) is 12.0 Å². The summed E-state index contributed by atoms with van der Waals surface area (Å²) in [6.45, 7) is 8.21. The van der Waals surface area contributed by atoms with E-state index in [1.807, 2.05) is 24.3 Å². The van der Waals surface area contributed by atoms with Gasteiger partial charge in [-0.15, -0.1) is 0 Å². The molecule has 0 bridgehead atoms. The molecule has 1 fully saturated rings. The van der Waals surface area contributed by atoms with Gasteiger partial charge in [-0.05, 0) is 62.4 Å². The normalized spacial score (nSPS) is 16.0. The van der Waals surface area contributed by atoms with Gasteiger partial charge in [0.15, 0.2) is 5.13 Å².